The highest BCUT2D eigenvalue weighted by Gasteiger charge is 2.35. The molecule has 0 bridgehead atoms. The van der Waals surface area contributed by atoms with E-state index in [9.17, 15) is 14.0 Å². The lowest BCUT2D eigenvalue weighted by molar-refractivity contribution is 0.0642. The van der Waals surface area contributed by atoms with Crippen LogP contribution >= 0.6 is 11.3 Å². The predicted octanol–water partition coefficient (Wildman–Crippen LogP) is 3.14. The number of carbonyl (C=O) groups excluding carboxylic acids is 2. The normalized spacial score (nSPS) is 13.5. The van der Waals surface area contributed by atoms with E-state index in [2.05, 4.69) is 10.2 Å². The summed E-state index contributed by atoms with van der Waals surface area (Å²) in [5.41, 5.74) is 1.55. The van der Waals surface area contributed by atoms with Gasteiger partial charge in [-0.05, 0) is 36.4 Å². The topological polar surface area (TPSA) is 63.2 Å². The zero-order valence-corrected chi connectivity index (χ0v) is 13.1. The number of nitrogens with zero attached hydrogens (tertiary/aromatic N) is 3. The third kappa shape index (κ3) is 2.39. The smallest absolute Gasteiger partial charge is 0.261 e. The van der Waals surface area contributed by atoms with E-state index >= 15 is 0 Å². The van der Waals surface area contributed by atoms with E-state index in [4.69, 9.17) is 0 Å². The maximum atomic E-state index is 13.0. The Morgan fingerprint density at radius 3 is 2.17 bits per heavy atom. The molecule has 1 aromatic heterocycles. The summed E-state index contributed by atoms with van der Waals surface area (Å²) in [7, 11) is 0. The van der Waals surface area contributed by atoms with Gasteiger partial charge in [-0.2, -0.15) is 0 Å². The van der Waals surface area contributed by atoms with Crippen LogP contribution in [0.4, 0.5) is 4.39 Å². The molecule has 7 heteroatoms. The molecular weight excluding hydrogens is 329 g/mol. The summed E-state index contributed by atoms with van der Waals surface area (Å²) in [4.78, 5) is 25.9. The third-order valence-corrected chi connectivity index (χ3v) is 4.69. The number of carbonyl (C=O) groups is 2. The number of amides is 2. The van der Waals surface area contributed by atoms with Gasteiger partial charge in [-0.15, -0.1) is 10.2 Å². The number of halogens is 1. The van der Waals surface area contributed by atoms with E-state index in [1.165, 1.54) is 28.4 Å². The molecule has 0 saturated heterocycles. The molecule has 118 valence electrons. The average molecular weight is 339 g/mol. The Balaban J connectivity index is 1.58. The predicted molar refractivity (Wildman–Crippen MR) is 85.9 cm³/mol. The summed E-state index contributed by atoms with van der Waals surface area (Å²) >= 11 is 1.27. The molecule has 2 amide bonds. The van der Waals surface area contributed by atoms with Crippen LogP contribution < -0.4 is 0 Å². The van der Waals surface area contributed by atoms with Crippen LogP contribution in [0.1, 0.15) is 25.7 Å². The molecule has 0 saturated carbocycles. The molecule has 1 aliphatic rings. The number of fused-ring (bicyclic) bond motifs is 1. The summed E-state index contributed by atoms with van der Waals surface area (Å²) in [6.07, 6.45) is 0. The fourth-order valence-corrected chi connectivity index (χ4v) is 3.38. The van der Waals surface area contributed by atoms with E-state index in [0.29, 0.717) is 21.1 Å². The monoisotopic (exact) mass is 339 g/mol. The van der Waals surface area contributed by atoms with Crippen LogP contribution in [0.25, 0.3) is 10.6 Å². The van der Waals surface area contributed by atoms with Gasteiger partial charge in [0.1, 0.15) is 15.8 Å². The minimum absolute atomic E-state index is 0.0746. The summed E-state index contributed by atoms with van der Waals surface area (Å²) in [6.45, 7) is 0.0746. The minimum atomic E-state index is -0.325. The van der Waals surface area contributed by atoms with Crippen LogP contribution in [-0.2, 0) is 6.54 Å². The van der Waals surface area contributed by atoms with Crippen molar-refractivity contribution in [3.05, 3.63) is 70.5 Å². The summed E-state index contributed by atoms with van der Waals surface area (Å²) < 4.78 is 13.0. The van der Waals surface area contributed by atoms with Gasteiger partial charge in [0, 0.05) is 5.56 Å². The first-order valence-corrected chi connectivity index (χ1v) is 7.98. The van der Waals surface area contributed by atoms with E-state index < -0.39 is 0 Å². The molecule has 0 aliphatic carbocycles. The van der Waals surface area contributed by atoms with Crippen molar-refractivity contribution in [1.29, 1.82) is 0 Å². The molecule has 0 radical (unpaired) electrons. The molecule has 3 aromatic rings. The van der Waals surface area contributed by atoms with Crippen molar-refractivity contribution < 1.29 is 14.0 Å². The van der Waals surface area contributed by atoms with Crippen molar-refractivity contribution in [3.8, 4) is 10.6 Å². The van der Waals surface area contributed by atoms with Gasteiger partial charge in [0.25, 0.3) is 11.8 Å². The second-order valence-corrected chi connectivity index (χ2v) is 6.31. The molecule has 2 aromatic carbocycles. The Morgan fingerprint density at radius 2 is 1.54 bits per heavy atom. The van der Waals surface area contributed by atoms with Crippen molar-refractivity contribution in [2.24, 2.45) is 0 Å². The highest BCUT2D eigenvalue weighted by molar-refractivity contribution is 7.14. The van der Waals surface area contributed by atoms with Crippen molar-refractivity contribution in [2.45, 2.75) is 6.54 Å². The van der Waals surface area contributed by atoms with Crippen molar-refractivity contribution >= 4 is 23.2 Å². The van der Waals surface area contributed by atoms with E-state index in [0.717, 1.165) is 5.56 Å². The minimum Gasteiger partial charge on any atom is -0.269 e. The second kappa shape index (κ2) is 5.61. The van der Waals surface area contributed by atoms with Crippen LogP contribution in [0, 0.1) is 5.82 Å². The van der Waals surface area contributed by atoms with Crippen molar-refractivity contribution in [1.82, 2.24) is 15.1 Å². The zero-order chi connectivity index (χ0) is 16.7. The van der Waals surface area contributed by atoms with Crippen LogP contribution in [-0.4, -0.2) is 26.9 Å². The van der Waals surface area contributed by atoms with Gasteiger partial charge >= 0.3 is 0 Å². The first kappa shape index (κ1) is 14.6. The quantitative estimate of drug-likeness (QED) is 0.688. The molecule has 4 rings (SSSR count). The summed E-state index contributed by atoms with van der Waals surface area (Å²) in [5.74, 6) is -0.974. The van der Waals surface area contributed by atoms with Gasteiger partial charge < -0.3 is 0 Å². The summed E-state index contributed by atoms with van der Waals surface area (Å²) in [6, 6.07) is 12.7. The number of hydrogen-bond acceptors (Lipinski definition) is 5. The number of benzene rings is 2. The molecule has 0 fully saturated rings. The molecule has 0 atom stereocenters. The maximum Gasteiger partial charge on any atom is 0.261 e. The standard InChI is InChI=1S/C17H10FN3O2S/c18-11-7-5-10(6-8-11)15-20-19-14(24-15)9-21-16(22)12-3-1-2-4-13(12)17(21)23/h1-8H,9H2. The summed E-state index contributed by atoms with van der Waals surface area (Å²) in [5, 5.41) is 9.25. The van der Waals surface area contributed by atoms with E-state index in [1.54, 1.807) is 36.4 Å². The molecule has 5 nitrogen and oxygen atoms in total. The fraction of sp³-hybridized carbons (Fsp3) is 0.0588. The first-order chi connectivity index (χ1) is 11.6. The van der Waals surface area contributed by atoms with Gasteiger partial charge in [-0.1, -0.05) is 23.5 Å². The van der Waals surface area contributed by atoms with E-state index in [1.807, 2.05) is 0 Å². The van der Waals surface area contributed by atoms with Crippen LogP contribution in [0.15, 0.2) is 48.5 Å². The van der Waals surface area contributed by atoms with Gasteiger partial charge in [-0.25, -0.2) is 4.39 Å². The lowest BCUT2D eigenvalue weighted by Crippen LogP contribution is -2.29. The Morgan fingerprint density at radius 1 is 0.917 bits per heavy atom. The van der Waals surface area contributed by atoms with Crippen molar-refractivity contribution in [2.75, 3.05) is 0 Å². The highest BCUT2D eigenvalue weighted by Crippen LogP contribution is 2.28. The molecular formula is C17H10FN3O2S. The Kier molecular flexibility index (Phi) is 3.42. The van der Waals surface area contributed by atoms with Gasteiger partial charge in [0.2, 0.25) is 0 Å². The van der Waals surface area contributed by atoms with Crippen LogP contribution in [0.5, 0.6) is 0 Å². The lowest BCUT2D eigenvalue weighted by atomic mass is 10.1. The highest BCUT2D eigenvalue weighted by atomic mass is 32.1. The zero-order valence-electron chi connectivity index (χ0n) is 12.3. The van der Waals surface area contributed by atoms with E-state index in [-0.39, 0.29) is 24.2 Å². The Labute approximate surface area is 140 Å². The Hall–Kier alpha value is -2.93. The van der Waals surface area contributed by atoms with Gasteiger partial charge in [0.15, 0.2) is 0 Å². The fourth-order valence-electron chi connectivity index (χ4n) is 2.54. The number of imide groups is 1. The third-order valence-electron chi connectivity index (χ3n) is 3.73. The van der Waals surface area contributed by atoms with Crippen LogP contribution in [0.2, 0.25) is 0 Å². The maximum absolute atomic E-state index is 13.0. The number of rotatable bonds is 3. The average Bonchev–Trinajstić information content (AvgIpc) is 3.16. The Bertz CT molecular complexity index is 917. The lowest BCUT2D eigenvalue weighted by Gasteiger charge is -2.10. The second-order valence-electron chi connectivity index (χ2n) is 5.25. The molecule has 2 heterocycles. The molecule has 0 spiro atoms. The van der Waals surface area contributed by atoms with Crippen LogP contribution in [0.3, 0.4) is 0 Å². The molecule has 24 heavy (non-hydrogen) atoms. The molecule has 0 unspecified atom stereocenters. The first-order valence-electron chi connectivity index (χ1n) is 7.17. The molecule has 1 aliphatic heterocycles. The van der Waals surface area contributed by atoms with Crippen molar-refractivity contribution in [3.63, 3.8) is 0 Å². The largest absolute Gasteiger partial charge is 0.269 e. The number of aromatic nitrogens is 2. The van der Waals surface area contributed by atoms with Gasteiger partial charge in [0.05, 0.1) is 17.7 Å². The molecule has 0 N–H and O–H groups in total. The SMILES string of the molecule is O=C1c2ccccc2C(=O)N1Cc1nnc(-c2ccc(F)cc2)s1. The number of hydrogen-bond donors (Lipinski definition) is 0. The van der Waals surface area contributed by atoms with Gasteiger partial charge in [-0.3, -0.25) is 14.5 Å².